The number of ether oxygens (including phenoxy) is 1. The molecule has 8 heteroatoms. The maximum absolute atomic E-state index is 14.2. The van der Waals surface area contributed by atoms with Crippen LogP contribution in [0.4, 0.5) is 16.2 Å². The van der Waals surface area contributed by atoms with Crippen LogP contribution in [0.15, 0.2) is 35.6 Å². The van der Waals surface area contributed by atoms with Crippen molar-refractivity contribution in [2.24, 2.45) is 5.10 Å². The highest BCUT2D eigenvalue weighted by Gasteiger charge is 2.18. The van der Waals surface area contributed by atoms with Crippen LogP contribution in [-0.4, -0.2) is 47.1 Å². The highest BCUT2D eigenvalue weighted by Crippen LogP contribution is 2.24. The van der Waals surface area contributed by atoms with Crippen LogP contribution in [0.25, 0.3) is 5.69 Å². The number of rotatable bonds is 5. The van der Waals surface area contributed by atoms with E-state index in [1.165, 1.54) is 23.0 Å². The molecular weight excluding hydrogens is 395 g/mol. The Hall–Kier alpha value is -3.26. The first kappa shape index (κ1) is 21.0. The lowest BCUT2D eigenvalue weighted by Gasteiger charge is -2.27. The molecule has 1 N–H and O–H groups in total. The van der Waals surface area contributed by atoms with Crippen molar-refractivity contribution in [1.29, 1.82) is 0 Å². The fraction of sp³-hybridized carbons (Fsp3) is 0.348. The molecule has 1 fully saturated rings. The van der Waals surface area contributed by atoms with Gasteiger partial charge in [-0.15, -0.1) is 0 Å². The lowest BCUT2D eigenvalue weighted by Crippen LogP contribution is -2.37. The van der Waals surface area contributed by atoms with Crippen LogP contribution in [0.5, 0.6) is 0 Å². The second kappa shape index (κ2) is 8.85. The summed E-state index contributed by atoms with van der Waals surface area (Å²) in [5.41, 5.74) is 9.70. The van der Waals surface area contributed by atoms with Crippen molar-refractivity contribution in [2.75, 3.05) is 36.6 Å². The van der Waals surface area contributed by atoms with Crippen molar-refractivity contribution in [3.05, 3.63) is 64.4 Å². The highest BCUT2D eigenvalue weighted by molar-refractivity contribution is 5.82. The topological polar surface area (TPSA) is 67.6 Å². The molecular formula is C23H27FN6O. The molecule has 162 valence electrons. The molecule has 31 heavy (non-hydrogen) atoms. The molecule has 1 aromatic carbocycles. The predicted molar refractivity (Wildman–Crippen MR) is 121 cm³/mol. The lowest BCUT2D eigenvalue weighted by atomic mass is 10.1. The standard InChI is InChI=1S/C23H27FN6O/c1-15-6-5-7-21(17(15)3)30-16(2)12-19(18(30)4)13-26-28-23-25-14-20(24)22(27-23)29-8-10-31-11-9-29/h5-7,12-14H,8-11H2,1-4H3,(H,25,27,28)/b26-13+. The van der Waals surface area contributed by atoms with Gasteiger partial charge in [0.2, 0.25) is 5.95 Å². The lowest BCUT2D eigenvalue weighted by molar-refractivity contribution is 0.122. The van der Waals surface area contributed by atoms with Crippen molar-refractivity contribution in [3.8, 4) is 5.69 Å². The van der Waals surface area contributed by atoms with E-state index in [2.05, 4.69) is 77.0 Å². The highest BCUT2D eigenvalue weighted by atomic mass is 19.1. The number of hydrogen-bond donors (Lipinski definition) is 1. The number of nitrogens with zero attached hydrogens (tertiary/aromatic N) is 5. The van der Waals surface area contributed by atoms with Crippen LogP contribution in [0.3, 0.4) is 0 Å². The number of nitrogens with one attached hydrogen (secondary N) is 1. The van der Waals surface area contributed by atoms with Crippen LogP contribution in [0, 0.1) is 33.5 Å². The summed E-state index contributed by atoms with van der Waals surface area (Å²) in [6.07, 6.45) is 2.91. The Bertz CT molecular complexity index is 1120. The summed E-state index contributed by atoms with van der Waals surface area (Å²) in [4.78, 5) is 10.2. The second-order valence-corrected chi connectivity index (χ2v) is 7.72. The quantitative estimate of drug-likeness (QED) is 0.499. The van der Waals surface area contributed by atoms with Crippen molar-refractivity contribution in [3.63, 3.8) is 0 Å². The van der Waals surface area contributed by atoms with Gasteiger partial charge in [0.05, 0.1) is 25.6 Å². The molecule has 7 nitrogen and oxygen atoms in total. The Balaban J connectivity index is 1.54. The number of anilines is 2. The first-order chi connectivity index (χ1) is 15.0. The van der Waals surface area contributed by atoms with Gasteiger partial charge in [0.25, 0.3) is 0 Å². The molecule has 0 spiro atoms. The summed E-state index contributed by atoms with van der Waals surface area (Å²) >= 11 is 0. The molecule has 1 aliphatic heterocycles. The first-order valence-electron chi connectivity index (χ1n) is 10.4. The predicted octanol–water partition coefficient (Wildman–Crippen LogP) is 3.92. The van der Waals surface area contributed by atoms with E-state index >= 15 is 0 Å². The second-order valence-electron chi connectivity index (χ2n) is 7.72. The third-order valence-electron chi connectivity index (χ3n) is 5.69. The molecule has 0 unspecified atom stereocenters. The summed E-state index contributed by atoms with van der Waals surface area (Å²) in [5.74, 6) is 0.0695. The van der Waals surface area contributed by atoms with Gasteiger partial charge in [-0.3, -0.25) is 0 Å². The van der Waals surface area contributed by atoms with E-state index in [1.54, 1.807) is 6.21 Å². The van der Waals surface area contributed by atoms with Gasteiger partial charge in [0, 0.05) is 35.7 Å². The SMILES string of the molecule is Cc1cccc(-n2c(C)cc(/C=N/Nc3ncc(F)c(N4CCOCC4)n3)c2C)c1C. The van der Waals surface area contributed by atoms with E-state index < -0.39 is 5.82 Å². The van der Waals surface area contributed by atoms with E-state index in [9.17, 15) is 4.39 Å². The molecule has 3 aromatic rings. The van der Waals surface area contributed by atoms with Crippen molar-refractivity contribution >= 4 is 18.0 Å². The summed E-state index contributed by atoms with van der Waals surface area (Å²) in [6.45, 7) is 10.7. The van der Waals surface area contributed by atoms with Gasteiger partial charge in [-0.05, 0) is 51.0 Å². The smallest absolute Gasteiger partial charge is 0.245 e. The molecule has 1 aliphatic rings. The van der Waals surface area contributed by atoms with Crippen LogP contribution in [-0.2, 0) is 4.74 Å². The molecule has 2 aromatic heterocycles. The van der Waals surface area contributed by atoms with Crippen molar-refractivity contribution in [1.82, 2.24) is 14.5 Å². The molecule has 0 atom stereocenters. The largest absolute Gasteiger partial charge is 0.378 e. The van der Waals surface area contributed by atoms with Gasteiger partial charge >= 0.3 is 0 Å². The zero-order valence-corrected chi connectivity index (χ0v) is 18.3. The van der Waals surface area contributed by atoms with Crippen molar-refractivity contribution < 1.29 is 9.13 Å². The number of hydrogen-bond acceptors (Lipinski definition) is 6. The number of benzene rings is 1. The number of aryl methyl sites for hydroxylation is 2. The average molecular weight is 423 g/mol. The summed E-state index contributed by atoms with van der Waals surface area (Å²) in [6, 6.07) is 8.41. The van der Waals surface area contributed by atoms with Gasteiger partial charge < -0.3 is 14.2 Å². The van der Waals surface area contributed by atoms with E-state index in [0.29, 0.717) is 26.3 Å². The zero-order valence-electron chi connectivity index (χ0n) is 18.3. The number of hydrazone groups is 1. The minimum Gasteiger partial charge on any atom is -0.378 e. The third-order valence-corrected chi connectivity index (χ3v) is 5.69. The maximum atomic E-state index is 14.2. The Morgan fingerprint density at radius 1 is 1.16 bits per heavy atom. The van der Waals surface area contributed by atoms with Gasteiger partial charge in [-0.25, -0.2) is 14.8 Å². The normalized spacial score (nSPS) is 14.4. The molecule has 0 aliphatic carbocycles. The van der Waals surface area contributed by atoms with Crippen LogP contribution in [0.1, 0.15) is 28.1 Å². The van der Waals surface area contributed by atoms with Gasteiger partial charge in [0.15, 0.2) is 11.6 Å². The Kier molecular flexibility index (Phi) is 5.99. The maximum Gasteiger partial charge on any atom is 0.245 e. The fourth-order valence-electron chi connectivity index (χ4n) is 3.84. The minimum absolute atomic E-state index is 0.252. The molecule has 1 saturated heterocycles. The van der Waals surface area contributed by atoms with Gasteiger partial charge in [-0.2, -0.15) is 10.1 Å². The number of morpholine rings is 1. The molecule has 3 heterocycles. The monoisotopic (exact) mass is 422 g/mol. The third kappa shape index (κ3) is 4.29. The van der Waals surface area contributed by atoms with Crippen LogP contribution < -0.4 is 10.3 Å². The van der Waals surface area contributed by atoms with E-state index in [-0.39, 0.29) is 11.8 Å². The molecule has 0 radical (unpaired) electrons. The molecule has 0 bridgehead atoms. The minimum atomic E-state index is -0.450. The fourth-order valence-corrected chi connectivity index (χ4v) is 3.84. The Labute approximate surface area is 181 Å². The summed E-state index contributed by atoms with van der Waals surface area (Å²) in [5, 5.41) is 4.30. The summed E-state index contributed by atoms with van der Waals surface area (Å²) in [7, 11) is 0. The van der Waals surface area contributed by atoms with E-state index in [0.717, 1.165) is 17.0 Å². The van der Waals surface area contributed by atoms with E-state index in [1.807, 2.05) is 4.90 Å². The Morgan fingerprint density at radius 2 is 1.94 bits per heavy atom. The Morgan fingerprint density at radius 3 is 2.71 bits per heavy atom. The van der Waals surface area contributed by atoms with E-state index in [4.69, 9.17) is 4.74 Å². The van der Waals surface area contributed by atoms with Crippen LogP contribution in [0.2, 0.25) is 0 Å². The number of aromatic nitrogens is 3. The van der Waals surface area contributed by atoms with Crippen LogP contribution >= 0.6 is 0 Å². The molecule has 4 rings (SSSR count). The molecule has 0 amide bonds. The van der Waals surface area contributed by atoms with Crippen molar-refractivity contribution in [2.45, 2.75) is 27.7 Å². The average Bonchev–Trinajstić information content (AvgIpc) is 3.05. The van der Waals surface area contributed by atoms with Gasteiger partial charge in [-0.1, -0.05) is 12.1 Å². The molecule has 0 saturated carbocycles. The number of halogens is 1. The zero-order chi connectivity index (χ0) is 22.0. The van der Waals surface area contributed by atoms with Gasteiger partial charge in [0.1, 0.15) is 0 Å². The summed E-state index contributed by atoms with van der Waals surface area (Å²) < 4.78 is 21.7. The first-order valence-corrected chi connectivity index (χ1v) is 10.4.